The van der Waals surface area contributed by atoms with Gasteiger partial charge in [0.1, 0.15) is 36.0 Å². The summed E-state index contributed by atoms with van der Waals surface area (Å²) >= 11 is 5.97. The van der Waals surface area contributed by atoms with Gasteiger partial charge in [0.05, 0.1) is 6.20 Å². The van der Waals surface area contributed by atoms with E-state index in [1.807, 2.05) is 0 Å². The normalized spacial score (nSPS) is 17.9. The second-order valence-electron chi connectivity index (χ2n) is 7.17. The molecule has 1 fully saturated rings. The number of anilines is 1. The first-order valence-corrected chi connectivity index (χ1v) is 10.1. The standard InChI is InChI=1S/C21H14ClF2N7O2/c22-13-1-3-16(4-2-13)31-19(12-7-14(23)9-15(24)8-12)18(33-21(31)32)11-30-28-20(27-29-30)17-10-25-5-6-26-17/h1-10,18-19H,11H2/t18-,19-/m0/s1. The van der Waals surface area contributed by atoms with Gasteiger partial charge in [-0.3, -0.25) is 9.88 Å². The molecule has 1 aliphatic heterocycles. The lowest BCUT2D eigenvalue weighted by atomic mass is 9.99. The lowest BCUT2D eigenvalue weighted by Gasteiger charge is -2.25. The molecule has 4 aromatic rings. The molecule has 12 heteroatoms. The second-order valence-corrected chi connectivity index (χ2v) is 7.61. The van der Waals surface area contributed by atoms with Crippen molar-refractivity contribution in [3.63, 3.8) is 0 Å². The van der Waals surface area contributed by atoms with Crippen molar-refractivity contribution in [2.75, 3.05) is 4.90 Å². The van der Waals surface area contributed by atoms with E-state index in [4.69, 9.17) is 16.3 Å². The molecule has 1 saturated heterocycles. The van der Waals surface area contributed by atoms with Crippen LogP contribution in [0, 0.1) is 11.6 Å². The minimum atomic E-state index is -0.877. The number of carbonyl (C=O) groups is 1. The topological polar surface area (TPSA) is 98.9 Å². The highest BCUT2D eigenvalue weighted by molar-refractivity contribution is 6.30. The van der Waals surface area contributed by atoms with E-state index < -0.39 is 29.9 Å². The first-order chi connectivity index (χ1) is 16.0. The first kappa shape index (κ1) is 20.9. The number of cyclic esters (lactones) is 1. The number of tetrazole rings is 1. The van der Waals surface area contributed by atoms with E-state index in [2.05, 4.69) is 25.4 Å². The average Bonchev–Trinajstić information content (AvgIpc) is 3.39. The van der Waals surface area contributed by atoms with Gasteiger partial charge in [0, 0.05) is 29.2 Å². The summed E-state index contributed by atoms with van der Waals surface area (Å²) < 4.78 is 33.7. The Balaban J connectivity index is 1.51. The molecule has 2 aromatic carbocycles. The van der Waals surface area contributed by atoms with Crippen LogP contribution in [-0.2, 0) is 11.3 Å². The molecule has 9 nitrogen and oxygen atoms in total. The smallest absolute Gasteiger partial charge is 0.415 e. The number of carbonyl (C=O) groups excluding carboxylic acids is 1. The number of rotatable bonds is 5. The molecule has 0 saturated carbocycles. The lowest BCUT2D eigenvalue weighted by Crippen LogP contribution is -2.31. The number of hydrogen-bond donors (Lipinski definition) is 0. The maximum atomic E-state index is 14.1. The molecule has 2 atom stereocenters. The van der Waals surface area contributed by atoms with Gasteiger partial charge < -0.3 is 4.74 Å². The maximum Gasteiger partial charge on any atom is 0.415 e. The van der Waals surface area contributed by atoms with E-state index >= 15 is 0 Å². The number of nitrogens with zero attached hydrogens (tertiary/aromatic N) is 7. The van der Waals surface area contributed by atoms with Crippen LogP contribution in [0.3, 0.4) is 0 Å². The lowest BCUT2D eigenvalue weighted by molar-refractivity contribution is 0.114. The molecule has 0 aliphatic carbocycles. The van der Waals surface area contributed by atoms with Crippen LogP contribution >= 0.6 is 11.6 Å². The Morgan fingerprint density at radius 1 is 1.06 bits per heavy atom. The van der Waals surface area contributed by atoms with E-state index in [-0.39, 0.29) is 17.9 Å². The summed E-state index contributed by atoms with van der Waals surface area (Å²) in [5, 5.41) is 12.7. The van der Waals surface area contributed by atoms with Crippen molar-refractivity contribution in [2.24, 2.45) is 0 Å². The minimum absolute atomic E-state index is 0.0219. The molecule has 166 valence electrons. The van der Waals surface area contributed by atoms with Crippen LogP contribution in [0.25, 0.3) is 11.5 Å². The Kier molecular flexibility index (Phi) is 5.38. The molecule has 0 N–H and O–H groups in total. The average molecular weight is 470 g/mol. The number of benzene rings is 2. The van der Waals surface area contributed by atoms with E-state index in [1.54, 1.807) is 24.3 Å². The van der Waals surface area contributed by atoms with E-state index in [0.29, 0.717) is 16.4 Å². The van der Waals surface area contributed by atoms with Crippen LogP contribution in [0.2, 0.25) is 5.02 Å². The molecule has 3 heterocycles. The number of ether oxygens (including phenoxy) is 1. The Morgan fingerprint density at radius 2 is 1.82 bits per heavy atom. The highest BCUT2D eigenvalue weighted by Gasteiger charge is 2.44. The first-order valence-electron chi connectivity index (χ1n) is 9.73. The second kappa shape index (κ2) is 8.51. The SMILES string of the molecule is O=C1O[C@@H](Cn2nnc(-c3cnccn3)n2)[C@H](c2cc(F)cc(F)c2)N1c1ccc(Cl)cc1. The van der Waals surface area contributed by atoms with Crippen LogP contribution in [0.15, 0.2) is 61.1 Å². The largest absolute Gasteiger partial charge is 0.441 e. The van der Waals surface area contributed by atoms with E-state index in [0.717, 1.165) is 18.2 Å². The molecule has 0 bridgehead atoms. The van der Waals surface area contributed by atoms with Crippen molar-refractivity contribution in [1.29, 1.82) is 0 Å². The summed E-state index contributed by atoms with van der Waals surface area (Å²) in [7, 11) is 0. The quantitative estimate of drug-likeness (QED) is 0.438. The fourth-order valence-corrected chi connectivity index (χ4v) is 3.77. The predicted octanol–water partition coefficient (Wildman–Crippen LogP) is 3.83. The number of halogens is 3. The van der Waals surface area contributed by atoms with Gasteiger partial charge in [-0.2, -0.15) is 4.80 Å². The van der Waals surface area contributed by atoms with Crippen LogP contribution in [-0.4, -0.2) is 42.4 Å². The minimum Gasteiger partial charge on any atom is -0.441 e. The summed E-state index contributed by atoms with van der Waals surface area (Å²) in [6.07, 6.45) is 2.93. The fourth-order valence-electron chi connectivity index (χ4n) is 3.64. The molecule has 5 rings (SSSR count). The molecule has 0 spiro atoms. The van der Waals surface area contributed by atoms with Crippen molar-refractivity contribution < 1.29 is 18.3 Å². The van der Waals surface area contributed by atoms with Crippen LogP contribution in [0.5, 0.6) is 0 Å². The zero-order chi connectivity index (χ0) is 22.9. The Labute approximate surface area is 190 Å². The van der Waals surface area contributed by atoms with Gasteiger partial charge in [0.15, 0.2) is 0 Å². The van der Waals surface area contributed by atoms with E-state index in [9.17, 15) is 13.6 Å². The Morgan fingerprint density at radius 3 is 2.52 bits per heavy atom. The van der Waals surface area contributed by atoms with Crippen molar-refractivity contribution in [3.8, 4) is 11.5 Å². The fraction of sp³-hybridized carbons (Fsp3) is 0.143. The van der Waals surface area contributed by atoms with Crippen molar-refractivity contribution in [3.05, 3.63) is 83.3 Å². The Bertz CT molecular complexity index is 1280. The van der Waals surface area contributed by atoms with E-state index in [1.165, 1.54) is 28.3 Å². The monoisotopic (exact) mass is 469 g/mol. The maximum absolute atomic E-state index is 14.1. The van der Waals surface area contributed by atoms with Crippen molar-refractivity contribution >= 4 is 23.4 Å². The third kappa shape index (κ3) is 4.22. The number of amides is 1. The van der Waals surface area contributed by atoms with Gasteiger partial charge in [-0.15, -0.1) is 10.2 Å². The van der Waals surface area contributed by atoms with Crippen molar-refractivity contribution in [2.45, 2.75) is 18.7 Å². The summed E-state index contributed by atoms with van der Waals surface area (Å²) in [5.41, 5.74) is 1.08. The zero-order valence-electron chi connectivity index (χ0n) is 16.7. The van der Waals surface area contributed by atoms with Crippen LogP contribution < -0.4 is 4.90 Å². The predicted molar refractivity (Wildman–Crippen MR) is 112 cm³/mol. The summed E-state index contributed by atoms with van der Waals surface area (Å²) in [6, 6.07) is 8.66. The zero-order valence-corrected chi connectivity index (χ0v) is 17.5. The summed E-state index contributed by atoms with van der Waals surface area (Å²) in [6.45, 7) is -0.0219. The molecule has 33 heavy (non-hydrogen) atoms. The van der Waals surface area contributed by atoms with Gasteiger partial charge >= 0.3 is 6.09 Å². The Hall–Kier alpha value is -3.99. The summed E-state index contributed by atoms with van der Waals surface area (Å²) in [4.78, 5) is 23.5. The number of hydrogen-bond acceptors (Lipinski definition) is 7. The molecule has 0 radical (unpaired) electrons. The third-order valence-corrected chi connectivity index (χ3v) is 5.25. The van der Waals surface area contributed by atoms with Crippen LogP contribution in [0.1, 0.15) is 11.6 Å². The van der Waals surface area contributed by atoms with Gasteiger partial charge in [-0.25, -0.2) is 18.6 Å². The van der Waals surface area contributed by atoms with Crippen LogP contribution in [0.4, 0.5) is 19.3 Å². The molecule has 1 aliphatic rings. The molecular weight excluding hydrogens is 456 g/mol. The summed E-state index contributed by atoms with van der Waals surface area (Å²) in [5.74, 6) is -1.32. The highest BCUT2D eigenvalue weighted by atomic mass is 35.5. The van der Waals surface area contributed by atoms with Gasteiger partial charge in [-0.1, -0.05) is 11.6 Å². The molecule has 1 amide bonds. The van der Waals surface area contributed by atoms with Gasteiger partial charge in [0.25, 0.3) is 0 Å². The third-order valence-electron chi connectivity index (χ3n) is 5.00. The molecule has 2 aromatic heterocycles. The molecule has 0 unspecified atom stereocenters. The van der Waals surface area contributed by atoms with Crippen molar-refractivity contribution in [1.82, 2.24) is 30.2 Å². The number of aromatic nitrogens is 6. The van der Waals surface area contributed by atoms with Gasteiger partial charge in [-0.05, 0) is 47.2 Å². The highest BCUT2D eigenvalue weighted by Crippen LogP contribution is 2.39. The van der Waals surface area contributed by atoms with Gasteiger partial charge in [0.2, 0.25) is 5.82 Å². The molecular formula is C21H14ClF2N7O2.